The van der Waals surface area contributed by atoms with Gasteiger partial charge in [-0.15, -0.1) is 0 Å². The fourth-order valence-electron chi connectivity index (χ4n) is 0.534. The molecule has 2 heterocycles. The fraction of sp³-hybridized carbons (Fsp3) is 0. The Balaban J connectivity index is 0.000000206. The summed E-state index contributed by atoms with van der Waals surface area (Å²) in [6.07, 6.45) is 7.70. The molecule has 0 amide bonds. The van der Waals surface area contributed by atoms with Gasteiger partial charge in [-0.2, -0.15) is 23.6 Å². The Morgan fingerprint density at radius 3 is 2.31 bits per heavy atom. The normalized spacial score (nSPS) is 17.1. The molecular weight excluding hydrogens is 236 g/mol. The first-order valence-corrected chi connectivity index (χ1v) is 4.55. The minimum Gasteiger partial charge on any atom is -0.394 e. The van der Waals surface area contributed by atoms with Gasteiger partial charge in [0, 0.05) is 0 Å². The number of nitrogens with zero attached hydrogens (tertiary/aromatic N) is 1. The first kappa shape index (κ1) is 12.4. The molecule has 0 saturated carbocycles. The van der Waals surface area contributed by atoms with Crippen LogP contribution in [0.3, 0.4) is 0 Å². The summed E-state index contributed by atoms with van der Waals surface area (Å²) in [6.45, 7) is 0. The van der Waals surface area contributed by atoms with Gasteiger partial charge >= 0.3 is 19.5 Å². The van der Waals surface area contributed by atoms with Crippen LogP contribution in [0.2, 0.25) is 0 Å². The van der Waals surface area contributed by atoms with E-state index in [1.807, 2.05) is 12.1 Å². The molecule has 0 aromatic carbocycles. The van der Waals surface area contributed by atoms with Gasteiger partial charge in [-0.3, -0.25) is 4.21 Å². The average molecular weight is 243 g/mol. The molecule has 0 saturated heterocycles. The van der Waals surface area contributed by atoms with Gasteiger partial charge < -0.3 is 4.98 Å². The van der Waals surface area contributed by atoms with E-state index in [0.717, 1.165) is 0 Å². The molecule has 0 aliphatic carbocycles. The monoisotopic (exact) mass is 241 g/mol. The van der Waals surface area contributed by atoms with Gasteiger partial charge in [0.2, 0.25) is 0 Å². The van der Waals surface area contributed by atoms with E-state index >= 15 is 0 Å². The average Bonchev–Trinajstić information content (AvgIpc) is 2.60. The van der Waals surface area contributed by atoms with Crippen molar-refractivity contribution in [3.8, 4) is 0 Å². The Morgan fingerprint density at radius 1 is 1.31 bits per heavy atom. The molecule has 0 N–H and O–H groups in total. The van der Waals surface area contributed by atoms with Crippen molar-refractivity contribution in [3.05, 3.63) is 53.6 Å². The van der Waals surface area contributed by atoms with Crippen molar-refractivity contribution in [3.63, 3.8) is 0 Å². The minimum absolute atomic E-state index is 0. The molecule has 0 fully saturated rings. The maximum atomic E-state index is 10.1. The zero-order chi connectivity index (χ0) is 8.65. The molecule has 1 aliphatic rings. The number of rotatable bonds is 0. The van der Waals surface area contributed by atoms with Crippen molar-refractivity contribution in [2.24, 2.45) is 0 Å². The number of allylic oxidation sites excluding steroid dienone is 2. The molecule has 0 bridgehead atoms. The molecule has 2 nitrogen and oxygen atoms in total. The van der Waals surface area contributed by atoms with Gasteiger partial charge in [0.05, 0.1) is 0 Å². The van der Waals surface area contributed by atoms with Crippen LogP contribution >= 0.6 is 0 Å². The second kappa shape index (κ2) is 8.02. The largest absolute Gasteiger partial charge is 2.00 e. The van der Waals surface area contributed by atoms with Crippen LogP contribution in [0.1, 0.15) is 0 Å². The molecule has 0 spiro atoms. The van der Waals surface area contributed by atoms with Crippen molar-refractivity contribution in [1.29, 1.82) is 0 Å². The van der Waals surface area contributed by atoms with Gasteiger partial charge in [-0.05, 0) is 10.8 Å². The third-order valence-electron chi connectivity index (χ3n) is 1.000. The van der Waals surface area contributed by atoms with Crippen molar-refractivity contribution < 1.29 is 23.7 Å². The predicted molar refractivity (Wildman–Crippen MR) is 48.2 cm³/mol. The van der Waals surface area contributed by atoms with E-state index in [2.05, 4.69) is 16.6 Å². The van der Waals surface area contributed by atoms with Crippen molar-refractivity contribution in [1.82, 2.24) is 4.98 Å². The molecule has 0 radical (unpaired) electrons. The zero-order valence-electron chi connectivity index (χ0n) is 7.01. The summed E-state index contributed by atoms with van der Waals surface area (Å²) in [6, 6.07) is 5.50. The molecule has 1 atom stereocenters. The molecule has 1 aromatic rings. The van der Waals surface area contributed by atoms with Gasteiger partial charge in [0.15, 0.2) is 0 Å². The summed E-state index contributed by atoms with van der Waals surface area (Å²) in [5.41, 5.74) is 0. The quantitative estimate of drug-likeness (QED) is 0.509. The maximum Gasteiger partial charge on any atom is 2.00 e. The van der Waals surface area contributed by atoms with Crippen molar-refractivity contribution in [2.75, 3.05) is 0 Å². The van der Waals surface area contributed by atoms with Crippen LogP contribution in [0.25, 0.3) is 0 Å². The summed E-state index contributed by atoms with van der Waals surface area (Å²) in [5.74, 6) is 0. The van der Waals surface area contributed by atoms with Crippen molar-refractivity contribution in [2.45, 2.75) is 0 Å². The van der Waals surface area contributed by atoms with Crippen LogP contribution in [0, 0.1) is 11.6 Å². The first-order valence-electron chi connectivity index (χ1n) is 3.33. The van der Waals surface area contributed by atoms with E-state index in [1.165, 1.54) is 0 Å². The van der Waals surface area contributed by atoms with E-state index in [4.69, 9.17) is 0 Å². The molecule has 1 aromatic heterocycles. The first-order chi connectivity index (χ1) is 5.89. The van der Waals surface area contributed by atoms with E-state index < -0.39 is 10.8 Å². The number of pyridine rings is 1. The summed E-state index contributed by atoms with van der Waals surface area (Å²) in [7, 11) is -0.909. The Kier molecular flexibility index (Phi) is 7.65. The third-order valence-corrected chi connectivity index (χ3v) is 1.77. The molecule has 13 heavy (non-hydrogen) atoms. The Labute approximate surface area is 93.0 Å². The van der Waals surface area contributed by atoms with Crippen LogP contribution in [-0.2, 0) is 30.3 Å². The van der Waals surface area contributed by atoms with E-state index in [-0.39, 0.29) is 19.5 Å². The van der Waals surface area contributed by atoms with Gasteiger partial charge in [0.1, 0.15) is 0 Å². The van der Waals surface area contributed by atoms with Crippen LogP contribution in [0.15, 0.2) is 42.0 Å². The van der Waals surface area contributed by atoms with E-state index in [1.54, 1.807) is 29.8 Å². The molecular formula is C9H7NOSZn. The summed E-state index contributed by atoms with van der Waals surface area (Å²) in [5, 5.41) is 4.14. The van der Waals surface area contributed by atoms with Crippen LogP contribution in [0.4, 0.5) is 0 Å². The van der Waals surface area contributed by atoms with Crippen molar-refractivity contribution >= 4 is 10.8 Å². The molecule has 62 valence electrons. The zero-order valence-corrected chi connectivity index (χ0v) is 10.8. The van der Waals surface area contributed by atoms with Gasteiger partial charge in [0.25, 0.3) is 0 Å². The summed E-state index contributed by atoms with van der Waals surface area (Å²) in [4.78, 5) is 3.66. The second-order valence-corrected chi connectivity index (χ2v) is 2.97. The third kappa shape index (κ3) is 6.55. The SMILES string of the molecule is O=S1[C-]=CC=C1.[Zn+2].[c-]1ccccn1. The van der Waals surface area contributed by atoms with E-state index in [9.17, 15) is 4.21 Å². The summed E-state index contributed by atoms with van der Waals surface area (Å²) >= 11 is 0. The standard InChI is InChI=1S/C5H4N.C4H3OS.Zn/c1-2-4-6-5-3-1;5-6-3-1-2-4-6;/h1-4H;1-3H;/q2*-1;+2. The molecule has 1 aliphatic heterocycles. The minimum atomic E-state index is -0.909. The van der Waals surface area contributed by atoms with Gasteiger partial charge in [-0.25, -0.2) is 12.2 Å². The van der Waals surface area contributed by atoms with E-state index in [0.29, 0.717) is 0 Å². The number of aromatic nitrogens is 1. The molecule has 1 unspecified atom stereocenters. The second-order valence-electron chi connectivity index (χ2n) is 1.87. The Morgan fingerprint density at radius 2 is 2.15 bits per heavy atom. The summed E-state index contributed by atoms with van der Waals surface area (Å²) < 4.78 is 10.1. The Bertz CT molecular complexity index is 257. The van der Waals surface area contributed by atoms with Crippen LogP contribution in [0.5, 0.6) is 0 Å². The van der Waals surface area contributed by atoms with Crippen LogP contribution < -0.4 is 0 Å². The molecule has 4 heteroatoms. The fourth-order valence-corrected chi connectivity index (χ4v) is 1.05. The number of hydrogen-bond acceptors (Lipinski definition) is 2. The molecule has 2 rings (SSSR count). The van der Waals surface area contributed by atoms with Gasteiger partial charge in [-0.1, -0.05) is 17.8 Å². The maximum absolute atomic E-state index is 10.1. The number of hydrogen-bond donors (Lipinski definition) is 0. The topological polar surface area (TPSA) is 30.0 Å². The Hall–Kier alpha value is -0.597. The predicted octanol–water partition coefficient (Wildman–Crippen LogP) is 1.46. The van der Waals surface area contributed by atoms with Crippen LogP contribution in [-0.4, -0.2) is 9.19 Å². The smallest absolute Gasteiger partial charge is 0.394 e.